The van der Waals surface area contributed by atoms with Crippen LogP contribution in [0.1, 0.15) is 26.0 Å². The van der Waals surface area contributed by atoms with Gasteiger partial charge in [0.1, 0.15) is 22.3 Å². The molecule has 0 aliphatic carbocycles. The molecule has 232 valence electrons. The van der Waals surface area contributed by atoms with Crippen molar-refractivity contribution in [3.05, 3.63) is 169 Å². The van der Waals surface area contributed by atoms with Crippen LogP contribution in [-0.2, 0) is 0 Å². The van der Waals surface area contributed by atoms with E-state index in [4.69, 9.17) is 23.9 Å². The molecule has 2 heteroatoms. The monoisotopic (exact) mass is 655 g/mol. The third-order valence-corrected chi connectivity index (χ3v) is 9.01. The summed E-state index contributed by atoms with van der Waals surface area (Å²) < 4.78 is 183. The highest BCUT2D eigenvalue weighted by Gasteiger charge is 2.20. The summed E-state index contributed by atoms with van der Waals surface area (Å²) in [5.74, 6) is 0. The van der Waals surface area contributed by atoms with Crippen LogP contribution in [0.15, 0.2) is 178 Å². The van der Waals surface area contributed by atoms with Crippen LogP contribution < -0.4 is 0 Å². The van der Waals surface area contributed by atoms with Crippen molar-refractivity contribution in [1.82, 2.24) is 0 Å². The summed E-state index contributed by atoms with van der Waals surface area (Å²) in [7, 11) is 0. The number of para-hydroxylation sites is 1. The Hall–Kier alpha value is -6.64. The van der Waals surface area contributed by atoms with Gasteiger partial charge >= 0.3 is 0 Å². The van der Waals surface area contributed by atoms with Crippen LogP contribution in [-0.4, -0.2) is 0 Å². The zero-order chi connectivity index (χ0) is 49.3. The maximum Gasteiger partial charge on any atom is 0.136 e. The minimum absolute atomic E-state index is 0.0720. The molecule has 0 radical (unpaired) electrons. The van der Waals surface area contributed by atoms with E-state index >= 15 is 0 Å². The van der Waals surface area contributed by atoms with Crippen molar-refractivity contribution in [2.75, 3.05) is 0 Å². The van der Waals surface area contributed by atoms with Crippen molar-refractivity contribution >= 4 is 76.2 Å². The minimum atomic E-state index is -0.922. The second kappa shape index (κ2) is 10.4. The van der Waals surface area contributed by atoms with Crippen LogP contribution in [0.25, 0.3) is 110 Å². The van der Waals surface area contributed by atoms with Crippen LogP contribution in [0.2, 0.25) is 0 Å². The van der Waals surface area contributed by atoms with Gasteiger partial charge in [-0.3, -0.25) is 0 Å². The predicted molar refractivity (Wildman–Crippen MR) is 210 cm³/mol. The van der Waals surface area contributed by atoms with E-state index in [1.807, 2.05) is 24.3 Å². The Morgan fingerprint density at radius 3 is 1.60 bits per heavy atom. The summed E-state index contributed by atoms with van der Waals surface area (Å²) in [6.07, 6.45) is 0. The standard InChI is InChI=1S/C48H28O2/c1-2-10-32-27-33(22-19-29(32)9-1)30-17-20-31(21-18-30)45-35-11-3-5-13-37(35)46(38-14-6-4-12-36(38)45)34-23-24-40-44(28-34)50-43-26-25-42-47(48(40)43)39-15-7-8-16-41(39)49-42/h1-28H/i1D,2D,3D,4D,5D,6D,9D,10D,11D,12D,13D,14D,17D,18D,19D,20D,21D,22D,27D. The molecule has 2 nitrogen and oxygen atoms in total. The lowest BCUT2D eigenvalue weighted by Crippen LogP contribution is -1.91. The van der Waals surface area contributed by atoms with Crippen molar-refractivity contribution in [3.63, 3.8) is 0 Å². The molecule has 0 N–H and O–H groups in total. The first-order chi connectivity index (χ1) is 32.7. The molecule has 0 bridgehead atoms. The summed E-state index contributed by atoms with van der Waals surface area (Å²) in [6.45, 7) is 0. The first kappa shape index (κ1) is 14.9. The molecule has 2 heterocycles. The molecule has 0 fully saturated rings. The molecule has 0 spiro atoms. The second-order valence-electron chi connectivity index (χ2n) is 11.7. The number of benzene rings is 9. The third-order valence-electron chi connectivity index (χ3n) is 9.01. The average molecular weight is 656 g/mol. The van der Waals surface area contributed by atoms with Gasteiger partial charge in [0.2, 0.25) is 0 Å². The maximum absolute atomic E-state index is 9.52. The Morgan fingerprint density at radius 2 is 0.900 bits per heavy atom. The number of hydrogen-bond donors (Lipinski definition) is 0. The summed E-state index contributed by atoms with van der Waals surface area (Å²) in [5.41, 5.74) is -0.304. The average Bonchev–Trinajstić information content (AvgIpc) is 3.91. The molecule has 0 unspecified atom stereocenters. The number of furan rings is 2. The molecule has 0 aliphatic rings. The summed E-state index contributed by atoms with van der Waals surface area (Å²) >= 11 is 0. The Labute approximate surface area is 314 Å². The van der Waals surface area contributed by atoms with E-state index in [1.165, 1.54) is 0 Å². The number of fused-ring (bicyclic) bond motifs is 10. The predicted octanol–water partition coefficient (Wildman–Crippen LogP) is 13.9. The summed E-state index contributed by atoms with van der Waals surface area (Å²) in [4.78, 5) is 0. The molecule has 0 aliphatic heterocycles. The molecule has 9 aromatic carbocycles. The van der Waals surface area contributed by atoms with Gasteiger partial charge in [0.15, 0.2) is 0 Å². The van der Waals surface area contributed by atoms with Gasteiger partial charge in [-0.2, -0.15) is 0 Å². The minimum Gasteiger partial charge on any atom is -0.456 e. The third kappa shape index (κ3) is 3.96. The smallest absolute Gasteiger partial charge is 0.136 e. The molecule has 50 heavy (non-hydrogen) atoms. The van der Waals surface area contributed by atoms with Crippen molar-refractivity contribution in [2.24, 2.45) is 0 Å². The first-order valence-electron chi connectivity index (χ1n) is 25.0. The Bertz CT molecular complexity index is 4140. The van der Waals surface area contributed by atoms with Crippen LogP contribution in [0.3, 0.4) is 0 Å². The quantitative estimate of drug-likeness (QED) is 0.177. The van der Waals surface area contributed by atoms with E-state index in [1.54, 1.807) is 30.3 Å². The lowest BCUT2D eigenvalue weighted by atomic mass is 9.85. The van der Waals surface area contributed by atoms with E-state index in [9.17, 15) is 11.0 Å². The first-order valence-corrected chi connectivity index (χ1v) is 15.5. The highest BCUT2D eigenvalue weighted by molar-refractivity contribution is 6.27. The fourth-order valence-electron chi connectivity index (χ4n) is 6.87. The van der Waals surface area contributed by atoms with Crippen LogP contribution in [0.5, 0.6) is 0 Å². The molecule has 0 atom stereocenters. The highest BCUT2D eigenvalue weighted by Crippen LogP contribution is 2.46. The molecule has 11 aromatic rings. The van der Waals surface area contributed by atoms with Gasteiger partial charge in [0.05, 0.1) is 26.0 Å². The largest absolute Gasteiger partial charge is 0.456 e. The summed E-state index contributed by atoms with van der Waals surface area (Å²) in [5, 5.41) is 0.651. The Kier molecular flexibility index (Phi) is 3.10. The zero-order valence-corrected chi connectivity index (χ0v) is 25.5. The van der Waals surface area contributed by atoms with E-state index in [0.29, 0.717) is 27.7 Å². The van der Waals surface area contributed by atoms with Crippen LogP contribution >= 0.6 is 0 Å². The van der Waals surface area contributed by atoms with Crippen LogP contribution in [0.4, 0.5) is 0 Å². The topological polar surface area (TPSA) is 26.3 Å². The van der Waals surface area contributed by atoms with Crippen molar-refractivity contribution in [1.29, 1.82) is 0 Å². The Morgan fingerprint density at radius 1 is 0.360 bits per heavy atom. The SMILES string of the molecule is [2H]c1c([2H])c(-c2c3c([2H])c([2H])c([2H])c([2H])c3c(-c3ccc4c(c3)oc3ccc5oc6ccccc6c5c34)c3c([2H])c([2H])c([2H])c([2H])c23)c([2H])c([2H])c1-c1c([2H])c([2H])c2c([2H])c([2H])c([2H])c([2H])c2c1[2H]. The van der Waals surface area contributed by atoms with E-state index in [2.05, 4.69) is 0 Å². The summed E-state index contributed by atoms with van der Waals surface area (Å²) in [6, 6.07) is 1.23. The second-order valence-corrected chi connectivity index (χ2v) is 11.7. The van der Waals surface area contributed by atoms with Crippen LogP contribution in [0, 0.1) is 0 Å². The normalized spacial score (nSPS) is 17.3. The lowest BCUT2D eigenvalue weighted by Gasteiger charge is -2.18. The zero-order valence-electron chi connectivity index (χ0n) is 44.5. The molecular weight excluding hydrogens is 609 g/mol. The van der Waals surface area contributed by atoms with Crippen molar-refractivity contribution < 1.29 is 34.9 Å². The van der Waals surface area contributed by atoms with E-state index in [-0.39, 0.29) is 21.9 Å². The fourth-order valence-corrected chi connectivity index (χ4v) is 6.87. The molecule has 0 amide bonds. The Balaban J connectivity index is 1.28. The molecule has 11 rings (SSSR count). The fraction of sp³-hybridized carbons (Fsp3) is 0. The van der Waals surface area contributed by atoms with Gasteiger partial charge in [0.25, 0.3) is 0 Å². The van der Waals surface area contributed by atoms with Crippen molar-refractivity contribution in [2.45, 2.75) is 0 Å². The van der Waals surface area contributed by atoms with Gasteiger partial charge < -0.3 is 8.83 Å². The number of rotatable bonds is 3. The maximum atomic E-state index is 9.52. The van der Waals surface area contributed by atoms with Gasteiger partial charge in [0, 0.05) is 21.5 Å². The number of hydrogen-bond acceptors (Lipinski definition) is 2. The lowest BCUT2D eigenvalue weighted by molar-refractivity contribution is 0.663. The molecule has 0 saturated carbocycles. The molecule has 2 aromatic heterocycles. The van der Waals surface area contributed by atoms with E-state index < -0.39 is 159 Å². The van der Waals surface area contributed by atoms with E-state index in [0.717, 1.165) is 16.2 Å². The van der Waals surface area contributed by atoms with Crippen molar-refractivity contribution in [3.8, 4) is 33.4 Å². The van der Waals surface area contributed by atoms with Gasteiger partial charge in [-0.15, -0.1) is 0 Å². The molecular formula is C48H28O2. The van der Waals surface area contributed by atoms with Gasteiger partial charge in [-0.25, -0.2) is 0 Å². The highest BCUT2D eigenvalue weighted by atomic mass is 16.3. The van der Waals surface area contributed by atoms with Gasteiger partial charge in [-0.05, 0) is 102 Å². The molecule has 0 saturated heterocycles. The van der Waals surface area contributed by atoms with Gasteiger partial charge in [-0.1, -0.05) is 133 Å².